The van der Waals surface area contributed by atoms with Gasteiger partial charge in [-0.15, -0.1) is 0 Å². The second-order valence-electron chi connectivity index (χ2n) is 14.3. The molecule has 0 radical (unpaired) electrons. The lowest BCUT2D eigenvalue weighted by atomic mass is 10.0. The van der Waals surface area contributed by atoms with E-state index in [0.717, 1.165) is 76.6 Å². The first-order valence-corrected chi connectivity index (χ1v) is 19.8. The number of hydrogen-bond acceptors (Lipinski definition) is 8. The summed E-state index contributed by atoms with van der Waals surface area (Å²) in [5.41, 5.74) is 1.47. The third-order valence-electron chi connectivity index (χ3n) is 10.7. The summed E-state index contributed by atoms with van der Waals surface area (Å²) in [5.74, 6) is -1.84. The Bertz CT molecular complexity index is 1490. The molecular weight excluding hydrogens is 665 g/mol. The molecule has 50 heavy (non-hydrogen) atoms. The quantitative estimate of drug-likeness (QED) is 0.203. The SMILES string of the molecule is O=C(N[C@H]1CCCCC/C=C\C2CC2(P(=O)(O)O)NC(=O)[C@@H]2C[C@@H](OC(=O)Nc3ccccc3N3CCCCC3)CN2C1=O)OC1CCCC1. The van der Waals surface area contributed by atoms with Crippen molar-refractivity contribution in [2.24, 2.45) is 5.92 Å². The number of fused-ring (bicyclic) bond motifs is 2. The molecule has 5 aliphatic rings. The zero-order valence-electron chi connectivity index (χ0n) is 28.5. The molecule has 6 rings (SSSR count). The number of amides is 4. The lowest BCUT2D eigenvalue weighted by molar-refractivity contribution is -0.140. The number of carbonyl (C=O) groups is 4. The monoisotopic (exact) mass is 715 g/mol. The Labute approximate surface area is 292 Å². The molecule has 3 aliphatic heterocycles. The van der Waals surface area contributed by atoms with E-state index in [2.05, 4.69) is 20.9 Å². The Balaban J connectivity index is 1.21. The minimum absolute atomic E-state index is 0.0656. The predicted molar refractivity (Wildman–Crippen MR) is 185 cm³/mol. The molecule has 3 heterocycles. The highest BCUT2D eigenvalue weighted by molar-refractivity contribution is 7.54. The first-order valence-electron chi connectivity index (χ1n) is 18.2. The van der Waals surface area contributed by atoms with Crippen LogP contribution in [0.4, 0.5) is 21.0 Å². The third-order valence-corrected chi connectivity index (χ3v) is 12.4. The Kier molecular flexibility index (Phi) is 11.4. The van der Waals surface area contributed by atoms with Crippen molar-refractivity contribution in [2.75, 3.05) is 29.9 Å². The van der Waals surface area contributed by atoms with Gasteiger partial charge in [0.25, 0.3) is 0 Å². The fraction of sp³-hybridized carbons (Fsp3) is 0.657. The van der Waals surface area contributed by atoms with Gasteiger partial charge in [0, 0.05) is 25.4 Å². The minimum Gasteiger partial charge on any atom is -0.446 e. The average molecular weight is 716 g/mol. The number of alkyl carbamates (subject to hydrolysis) is 1. The van der Waals surface area contributed by atoms with Crippen LogP contribution in [0.2, 0.25) is 0 Å². The number of para-hydroxylation sites is 2. The van der Waals surface area contributed by atoms with Crippen LogP contribution in [0, 0.1) is 5.92 Å². The van der Waals surface area contributed by atoms with Gasteiger partial charge >= 0.3 is 19.8 Å². The van der Waals surface area contributed by atoms with Crippen LogP contribution in [-0.2, 0) is 23.6 Å². The highest BCUT2D eigenvalue weighted by atomic mass is 31.2. The number of piperidine rings is 1. The molecule has 4 amide bonds. The number of allylic oxidation sites excluding steroid dienone is 1. The van der Waals surface area contributed by atoms with E-state index in [-0.39, 0.29) is 25.5 Å². The molecule has 2 unspecified atom stereocenters. The van der Waals surface area contributed by atoms with Crippen molar-refractivity contribution in [3.63, 3.8) is 0 Å². The van der Waals surface area contributed by atoms with E-state index >= 15 is 0 Å². The van der Waals surface area contributed by atoms with Crippen molar-refractivity contribution < 1.29 is 43.0 Å². The van der Waals surface area contributed by atoms with Gasteiger partial charge in [-0.05, 0) is 82.8 Å². The Morgan fingerprint density at radius 3 is 2.36 bits per heavy atom. The summed E-state index contributed by atoms with van der Waals surface area (Å²) in [4.78, 5) is 78.6. The fourth-order valence-corrected chi connectivity index (χ4v) is 9.06. The normalized spacial score (nSPS) is 30.2. The smallest absolute Gasteiger partial charge is 0.412 e. The molecule has 274 valence electrons. The van der Waals surface area contributed by atoms with E-state index < -0.39 is 61.0 Å². The molecule has 2 aliphatic carbocycles. The maximum Gasteiger partial charge on any atom is 0.412 e. The van der Waals surface area contributed by atoms with Crippen molar-refractivity contribution in [2.45, 2.75) is 119 Å². The minimum atomic E-state index is -4.80. The first kappa shape index (κ1) is 36.2. The van der Waals surface area contributed by atoms with Crippen LogP contribution < -0.4 is 20.9 Å². The molecule has 14 nitrogen and oxygen atoms in total. The molecule has 2 saturated carbocycles. The van der Waals surface area contributed by atoms with E-state index in [1.165, 1.54) is 4.90 Å². The highest BCUT2D eigenvalue weighted by Crippen LogP contribution is 2.67. The number of ether oxygens (including phenoxy) is 2. The van der Waals surface area contributed by atoms with Crippen LogP contribution in [0.1, 0.15) is 89.9 Å². The molecule has 0 bridgehead atoms. The Hall–Kier alpha value is -3.61. The number of rotatable bonds is 6. The average Bonchev–Trinajstić information content (AvgIpc) is 3.36. The van der Waals surface area contributed by atoms with E-state index in [4.69, 9.17) is 9.47 Å². The summed E-state index contributed by atoms with van der Waals surface area (Å²) >= 11 is 0. The van der Waals surface area contributed by atoms with Crippen LogP contribution in [0.25, 0.3) is 0 Å². The van der Waals surface area contributed by atoms with E-state index in [1.54, 1.807) is 12.1 Å². The molecule has 0 spiro atoms. The van der Waals surface area contributed by atoms with Crippen molar-refractivity contribution in [1.82, 2.24) is 15.5 Å². The molecule has 2 saturated heterocycles. The van der Waals surface area contributed by atoms with Gasteiger partial charge in [0.2, 0.25) is 11.8 Å². The highest BCUT2D eigenvalue weighted by Gasteiger charge is 2.66. The lowest BCUT2D eigenvalue weighted by Crippen LogP contribution is -2.55. The predicted octanol–water partition coefficient (Wildman–Crippen LogP) is 4.76. The van der Waals surface area contributed by atoms with Crippen molar-refractivity contribution in [1.29, 1.82) is 0 Å². The summed E-state index contributed by atoms with van der Waals surface area (Å²) in [5, 5.41) is 6.42. The number of anilines is 2. The van der Waals surface area contributed by atoms with Gasteiger partial charge in [0.1, 0.15) is 29.6 Å². The summed E-state index contributed by atoms with van der Waals surface area (Å²) in [6.45, 7) is 1.61. The van der Waals surface area contributed by atoms with Gasteiger partial charge < -0.3 is 39.7 Å². The van der Waals surface area contributed by atoms with Crippen LogP contribution in [-0.4, -0.2) is 87.9 Å². The van der Waals surface area contributed by atoms with Gasteiger partial charge in [-0.25, -0.2) is 9.59 Å². The standard InChI is InChI=1S/C35H50N5O9P/c41-31-30-21-26(49-33(43)36-27-16-9-10-18-29(27)39-19-11-4-12-20-39)23-40(30)32(42)28(37-34(44)48-25-14-7-8-15-25)17-6-3-1-2-5-13-24-22-35(24,38-31)50(45,46)47/h5,9-10,13,16,18,24-26,28,30H,1-4,6-8,11-12,14-15,17,19-23H2,(H,36,43)(H,37,44)(H,38,41)(H2,45,46,47)/b13-5-/t24?,26-,28+,30+,35?/m1/s1. The Morgan fingerprint density at radius 1 is 0.900 bits per heavy atom. The molecule has 1 aromatic carbocycles. The largest absolute Gasteiger partial charge is 0.446 e. The number of benzene rings is 1. The van der Waals surface area contributed by atoms with Crippen LogP contribution in [0.15, 0.2) is 36.4 Å². The van der Waals surface area contributed by atoms with Crippen LogP contribution >= 0.6 is 7.60 Å². The van der Waals surface area contributed by atoms with Gasteiger partial charge in [-0.2, -0.15) is 0 Å². The third kappa shape index (κ3) is 8.46. The fourth-order valence-electron chi connectivity index (χ4n) is 7.85. The summed E-state index contributed by atoms with van der Waals surface area (Å²) < 4.78 is 24.1. The first-order chi connectivity index (χ1) is 24.0. The number of hydrogen-bond donors (Lipinski definition) is 5. The Morgan fingerprint density at radius 2 is 1.60 bits per heavy atom. The van der Waals surface area contributed by atoms with Crippen LogP contribution in [0.3, 0.4) is 0 Å². The number of nitrogens with zero attached hydrogens (tertiary/aromatic N) is 2. The van der Waals surface area contributed by atoms with Crippen molar-refractivity contribution in [3.05, 3.63) is 36.4 Å². The summed E-state index contributed by atoms with van der Waals surface area (Å²) in [6, 6.07) is 5.26. The summed E-state index contributed by atoms with van der Waals surface area (Å²) in [6.07, 6.45) is 10.9. The molecular formula is C35H50N5O9P. The maximum absolute atomic E-state index is 14.2. The molecule has 15 heteroatoms. The molecule has 1 aromatic rings. The van der Waals surface area contributed by atoms with Crippen molar-refractivity contribution in [3.8, 4) is 0 Å². The lowest BCUT2D eigenvalue weighted by Gasteiger charge is -2.30. The second kappa shape index (κ2) is 15.7. The molecule has 5 N–H and O–H groups in total. The van der Waals surface area contributed by atoms with Crippen LogP contribution in [0.5, 0.6) is 0 Å². The summed E-state index contributed by atoms with van der Waals surface area (Å²) in [7, 11) is -4.80. The number of nitrogens with one attached hydrogen (secondary N) is 3. The van der Waals surface area contributed by atoms with Crippen molar-refractivity contribution >= 4 is 43.0 Å². The van der Waals surface area contributed by atoms with E-state index in [9.17, 15) is 33.5 Å². The van der Waals surface area contributed by atoms with Gasteiger partial charge in [-0.3, -0.25) is 19.5 Å². The zero-order valence-corrected chi connectivity index (χ0v) is 29.4. The molecule has 0 aromatic heterocycles. The van der Waals surface area contributed by atoms with Gasteiger partial charge in [0.05, 0.1) is 17.9 Å². The van der Waals surface area contributed by atoms with Gasteiger partial charge in [0.15, 0.2) is 0 Å². The zero-order chi connectivity index (χ0) is 35.3. The molecule has 5 atom stereocenters. The number of carbonyl (C=O) groups excluding carboxylic acids is 4. The van der Waals surface area contributed by atoms with Gasteiger partial charge in [-0.1, -0.05) is 37.1 Å². The maximum atomic E-state index is 14.2. The second-order valence-corrected chi connectivity index (χ2v) is 16.2. The topological polar surface area (TPSA) is 187 Å². The van der Waals surface area contributed by atoms with E-state index in [0.29, 0.717) is 24.9 Å². The molecule has 4 fully saturated rings. The van der Waals surface area contributed by atoms with E-state index in [1.807, 2.05) is 24.3 Å².